The highest BCUT2D eigenvalue weighted by Gasteiger charge is 2.04. The number of aromatic nitrogens is 1. The minimum atomic E-state index is -2.87. The molecule has 2 N–H and O–H groups in total. The maximum atomic E-state index is 10.8. The van der Waals surface area contributed by atoms with Crippen molar-refractivity contribution in [1.29, 1.82) is 0 Å². The van der Waals surface area contributed by atoms with Crippen molar-refractivity contribution < 1.29 is 8.42 Å². The van der Waals surface area contributed by atoms with Gasteiger partial charge in [-0.25, -0.2) is 13.4 Å². The molecule has 0 atom stereocenters. The lowest BCUT2D eigenvalue weighted by Gasteiger charge is -1.93. The van der Waals surface area contributed by atoms with Crippen LogP contribution in [0.3, 0.4) is 0 Å². The predicted octanol–water partition coefficient (Wildman–Crippen LogP) is 0.312. The Balaban J connectivity index is 2.55. The fraction of sp³-hybridized carbons (Fsp3) is 0.500. The maximum Gasteiger partial charge on any atom is 0.180 e. The molecule has 1 aromatic rings. The van der Waals surface area contributed by atoms with Gasteiger partial charge < -0.3 is 5.73 Å². The van der Waals surface area contributed by atoms with Crippen molar-refractivity contribution in [3.05, 3.63) is 11.1 Å². The lowest BCUT2D eigenvalue weighted by Crippen LogP contribution is -2.04. The second-order valence-electron chi connectivity index (χ2n) is 2.54. The molecule has 1 aromatic heterocycles. The van der Waals surface area contributed by atoms with Crippen molar-refractivity contribution in [2.45, 2.75) is 6.42 Å². The third-order valence-electron chi connectivity index (χ3n) is 1.29. The fourth-order valence-electron chi connectivity index (χ4n) is 0.724. The number of thiazole rings is 1. The summed E-state index contributed by atoms with van der Waals surface area (Å²) in [5, 5.41) is 0.485. The van der Waals surface area contributed by atoms with E-state index in [2.05, 4.69) is 4.98 Å². The first-order chi connectivity index (χ1) is 5.47. The van der Waals surface area contributed by atoms with Gasteiger partial charge in [-0.05, 0) is 6.42 Å². The molecule has 0 aliphatic heterocycles. The third kappa shape index (κ3) is 3.19. The zero-order valence-electron chi connectivity index (χ0n) is 6.65. The Morgan fingerprint density at radius 2 is 2.33 bits per heavy atom. The van der Waals surface area contributed by atoms with Gasteiger partial charge in [0.15, 0.2) is 5.13 Å². The Morgan fingerprint density at radius 3 is 2.75 bits per heavy atom. The van der Waals surface area contributed by atoms with Crippen molar-refractivity contribution in [2.75, 3.05) is 17.7 Å². The average molecular weight is 206 g/mol. The minimum Gasteiger partial charge on any atom is -0.375 e. The average Bonchev–Trinajstić information content (AvgIpc) is 2.30. The molecule has 0 bridgehead atoms. The zero-order chi connectivity index (χ0) is 9.19. The van der Waals surface area contributed by atoms with Gasteiger partial charge in [-0.15, -0.1) is 11.3 Å². The van der Waals surface area contributed by atoms with Crippen LogP contribution in [0.5, 0.6) is 0 Å². The van der Waals surface area contributed by atoms with E-state index in [0.29, 0.717) is 11.6 Å². The first-order valence-electron chi connectivity index (χ1n) is 3.35. The summed E-state index contributed by atoms with van der Waals surface area (Å²) in [7, 11) is -2.87. The van der Waals surface area contributed by atoms with Gasteiger partial charge in [0.2, 0.25) is 0 Å². The summed E-state index contributed by atoms with van der Waals surface area (Å²) >= 11 is 1.33. The van der Waals surface area contributed by atoms with Crippen molar-refractivity contribution in [3.63, 3.8) is 0 Å². The molecule has 1 heterocycles. The number of rotatable bonds is 3. The fourth-order valence-corrected chi connectivity index (χ4v) is 2.13. The van der Waals surface area contributed by atoms with E-state index in [0.717, 1.165) is 4.88 Å². The van der Waals surface area contributed by atoms with Gasteiger partial charge >= 0.3 is 0 Å². The summed E-state index contributed by atoms with van der Waals surface area (Å²) in [6, 6.07) is 0. The van der Waals surface area contributed by atoms with Crippen LogP contribution >= 0.6 is 11.3 Å². The number of aryl methyl sites for hydroxylation is 1. The molecule has 0 saturated carbocycles. The van der Waals surface area contributed by atoms with Crippen LogP contribution in [0.2, 0.25) is 0 Å². The number of sulfone groups is 1. The Bertz CT molecular complexity index is 355. The highest BCUT2D eigenvalue weighted by atomic mass is 32.2. The zero-order valence-corrected chi connectivity index (χ0v) is 8.28. The molecule has 0 amide bonds. The molecule has 68 valence electrons. The minimum absolute atomic E-state index is 0.161. The number of nitrogens with zero attached hydrogens (tertiary/aromatic N) is 1. The molecule has 0 saturated heterocycles. The number of hydrogen-bond acceptors (Lipinski definition) is 5. The van der Waals surface area contributed by atoms with Gasteiger partial charge in [0.25, 0.3) is 0 Å². The van der Waals surface area contributed by atoms with Crippen molar-refractivity contribution in [3.8, 4) is 0 Å². The second kappa shape index (κ2) is 3.40. The molecule has 0 spiro atoms. The maximum absolute atomic E-state index is 10.8. The molecular weight excluding hydrogens is 196 g/mol. The summed E-state index contributed by atoms with van der Waals surface area (Å²) in [6.07, 6.45) is 3.34. The van der Waals surface area contributed by atoms with Crippen LogP contribution in [0.4, 0.5) is 5.13 Å². The first-order valence-corrected chi connectivity index (χ1v) is 6.23. The Morgan fingerprint density at radius 1 is 1.67 bits per heavy atom. The van der Waals surface area contributed by atoms with Crippen molar-refractivity contribution in [2.24, 2.45) is 0 Å². The highest BCUT2D eigenvalue weighted by molar-refractivity contribution is 7.90. The van der Waals surface area contributed by atoms with Crippen LogP contribution in [0, 0.1) is 0 Å². The Hall–Kier alpha value is -0.620. The lowest BCUT2D eigenvalue weighted by atomic mass is 10.4. The molecule has 0 aromatic carbocycles. The lowest BCUT2D eigenvalue weighted by molar-refractivity contribution is 0.601. The molecular formula is C6H10N2O2S2. The summed E-state index contributed by atoms with van der Waals surface area (Å²) in [6.45, 7) is 0. The first kappa shape index (κ1) is 9.47. The van der Waals surface area contributed by atoms with Gasteiger partial charge in [0.1, 0.15) is 9.84 Å². The van der Waals surface area contributed by atoms with Crippen LogP contribution in [-0.2, 0) is 16.3 Å². The van der Waals surface area contributed by atoms with E-state index in [1.807, 2.05) is 0 Å². The molecule has 12 heavy (non-hydrogen) atoms. The van der Waals surface area contributed by atoms with E-state index in [1.165, 1.54) is 17.6 Å². The van der Waals surface area contributed by atoms with Crippen LogP contribution in [0.25, 0.3) is 0 Å². The molecule has 0 radical (unpaired) electrons. The number of nitrogens with two attached hydrogens (primary N) is 1. The van der Waals surface area contributed by atoms with E-state index in [-0.39, 0.29) is 5.75 Å². The van der Waals surface area contributed by atoms with Gasteiger partial charge in [-0.3, -0.25) is 0 Å². The molecule has 4 nitrogen and oxygen atoms in total. The summed E-state index contributed by atoms with van der Waals surface area (Å²) < 4.78 is 21.5. The SMILES string of the molecule is CS(=O)(=O)CCc1cnc(N)s1. The van der Waals surface area contributed by atoms with E-state index in [4.69, 9.17) is 5.73 Å². The normalized spacial score (nSPS) is 11.8. The van der Waals surface area contributed by atoms with E-state index >= 15 is 0 Å². The molecule has 0 aliphatic rings. The number of nitrogen functional groups attached to an aromatic ring is 1. The van der Waals surface area contributed by atoms with Gasteiger partial charge in [0, 0.05) is 17.3 Å². The summed E-state index contributed by atoms with van der Waals surface area (Å²) in [4.78, 5) is 4.73. The Kier molecular flexibility index (Phi) is 2.69. The monoisotopic (exact) mass is 206 g/mol. The van der Waals surface area contributed by atoms with Gasteiger partial charge in [-0.1, -0.05) is 0 Å². The van der Waals surface area contributed by atoms with Crippen LogP contribution in [-0.4, -0.2) is 25.4 Å². The van der Waals surface area contributed by atoms with Crippen molar-refractivity contribution in [1.82, 2.24) is 4.98 Å². The third-order valence-corrected chi connectivity index (χ3v) is 3.12. The molecule has 0 fully saturated rings. The van der Waals surface area contributed by atoms with Crippen LogP contribution in [0.15, 0.2) is 6.20 Å². The highest BCUT2D eigenvalue weighted by Crippen LogP contribution is 2.14. The summed E-state index contributed by atoms with van der Waals surface area (Å²) in [5.74, 6) is 0.161. The molecule has 0 unspecified atom stereocenters. The largest absolute Gasteiger partial charge is 0.375 e. The predicted molar refractivity (Wildman–Crippen MR) is 49.9 cm³/mol. The quantitative estimate of drug-likeness (QED) is 0.772. The molecule has 0 aliphatic carbocycles. The van der Waals surface area contributed by atoms with Gasteiger partial charge in [0.05, 0.1) is 5.75 Å². The second-order valence-corrected chi connectivity index (χ2v) is 5.95. The van der Waals surface area contributed by atoms with E-state index < -0.39 is 9.84 Å². The van der Waals surface area contributed by atoms with E-state index in [1.54, 1.807) is 6.20 Å². The topological polar surface area (TPSA) is 73.0 Å². The van der Waals surface area contributed by atoms with Crippen LogP contribution < -0.4 is 5.73 Å². The van der Waals surface area contributed by atoms with E-state index in [9.17, 15) is 8.42 Å². The van der Waals surface area contributed by atoms with Crippen molar-refractivity contribution >= 4 is 26.3 Å². The smallest absolute Gasteiger partial charge is 0.180 e. The molecule has 6 heteroatoms. The summed E-state index contributed by atoms with van der Waals surface area (Å²) in [5.41, 5.74) is 5.38. The Labute approximate surface area is 75.4 Å². The number of hydrogen-bond donors (Lipinski definition) is 1. The van der Waals surface area contributed by atoms with Gasteiger partial charge in [-0.2, -0.15) is 0 Å². The standard InChI is InChI=1S/C6H10N2O2S2/c1-12(9,10)3-2-5-4-8-6(7)11-5/h4H,2-3H2,1H3,(H2,7,8). The number of anilines is 1. The molecule has 1 rings (SSSR count). The van der Waals surface area contributed by atoms with Crippen LogP contribution in [0.1, 0.15) is 4.88 Å².